The Hall–Kier alpha value is -2.10. The summed E-state index contributed by atoms with van der Waals surface area (Å²) in [5, 5.41) is 7.38. The predicted molar refractivity (Wildman–Crippen MR) is 89.1 cm³/mol. The molecule has 26 heavy (non-hydrogen) atoms. The maximum absolute atomic E-state index is 13.0. The van der Waals surface area contributed by atoms with Crippen LogP contribution in [0.3, 0.4) is 0 Å². The van der Waals surface area contributed by atoms with E-state index >= 15 is 0 Å². The van der Waals surface area contributed by atoms with Gasteiger partial charge in [-0.3, -0.25) is 14.7 Å². The smallest absolute Gasteiger partial charge is 0.406 e. The van der Waals surface area contributed by atoms with Crippen LogP contribution in [0.1, 0.15) is 17.5 Å². The lowest BCUT2D eigenvalue weighted by atomic mass is 9.93. The molecule has 1 aromatic heterocycles. The minimum Gasteiger partial charge on any atom is -0.469 e. The molecule has 140 valence electrons. The molecule has 2 aromatic rings. The van der Waals surface area contributed by atoms with E-state index in [0.717, 1.165) is 4.90 Å². The van der Waals surface area contributed by atoms with Crippen molar-refractivity contribution in [2.24, 2.45) is 5.92 Å². The van der Waals surface area contributed by atoms with Crippen LogP contribution in [0.15, 0.2) is 16.7 Å². The lowest BCUT2D eigenvalue weighted by Gasteiger charge is -2.25. The molecule has 3 rings (SSSR count). The van der Waals surface area contributed by atoms with Crippen molar-refractivity contribution in [3.8, 4) is 0 Å². The van der Waals surface area contributed by atoms with Gasteiger partial charge in [-0.15, -0.1) is 0 Å². The van der Waals surface area contributed by atoms with Crippen LogP contribution in [0.25, 0.3) is 10.9 Å². The van der Waals surface area contributed by atoms with E-state index < -0.39 is 30.5 Å². The van der Waals surface area contributed by atoms with E-state index in [0.29, 0.717) is 26.5 Å². The number of carbonyl (C=O) groups excluding carboxylic acids is 2. The Balaban J connectivity index is 2.08. The number of benzene rings is 1. The van der Waals surface area contributed by atoms with Crippen LogP contribution in [-0.4, -0.2) is 46.8 Å². The van der Waals surface area contributed by atoms with Gasteiger partial charge in [0.05, 0.1) is 31.2 Å². The van der Waals surface area contributed by atoms with E-state index in [-0.39, 0.29) is 19.4 Å². The summed E-state index contributed by atoms with van der Waals surface area (Å²) in [6.07, 6.45) is -3.14. The van der Waals surface area contributed by atoms with Gasteiger partial charge in [0.2, 0.25) is 5.91 Å². The first-order valence-electron chi connectivity index (χ1n) is 7.75. The Morgan fingerprint density at radius 2 is 2.23 bits per heavy atom. The zero-order valence-corrected chi connectivity index (χ0v) is 15.3. The van der Waals surface area contributed by atoms with Crippen LogP contribution in [0, 0.1) is 5.92 Å². The molecule has 1 N–H and O–H groups in total. The number of halogens is 4. The summed E-state index contributed by atoms with van der Waals surface area (Å²) >= 11 is 3.40. The molecular weight excluding hydrogens is 419 g/mol. The molecule has 1 aliphatic heterocycles. The number of ether oxygens (including phenoxy) is 1. The number of aromatic nitrogens is 2. The molecule has 2 heterocycles. The van der Waals surface area contributed by atoms with Crippen LogP contribution < -0.4 is 0 Å². The molecule has 1 unspecified atom stereocenters. The third-order valence-electron chi connectivity index (χ3n) is 4.38. The monoisotopic (exact) mass is 433 g/mol. The van der Waals surface area contributed by atoms with Gasteiger partial charge in [-0.25, -0.2) is 0 Å². The number of esters is 1. The summed E-state index contributed by atoms with van der Waals surface area (Å²) in [5.74, 6) is -2.26. The zero-order valence-electron chi connectivity index (χ0n) is 13.7. The molecule has 10 heteroatoms. The van der Waals surface area contributed by atoms with Gasteiger partial charge >= 0.3 is 12.1 Å². The first-order chi connectivity index (χ1) is 12.2. The van der Waals surface area contributed by atoms with Crippen molar-refractivity contribution >= 4 is 38.7 Å². The summed E-state index contributed by atoms with van der Waals surface area (Å²) in [4.78, 5) is 25.1. The molecule has 0 saturated heterocycles. The van der Waals surface area contributed by atoms with E-state index in [1.165, 1.54) is 13.3 Å². The topological polar surface area (TPSA) is 75.3 Å². The first-order valence-corrected chi connectivity index (χ1v) is 8.54. The summed E-state index contributed by atoms with van der Waals surface area (Å²) in [6.45, 7) is -1.58. The van der Waals surface area contributed by atoms with E-state index in [1.54, 1.807) is 6.07 Å². The Bertz CT molecular complexity index is 866. The number of methoxy groups -OCH3 is 1. The lowest BCUT2D eigenvalue weighted by molar-refractivity contribution is -0.165. The fourth-order valence-corrected chi connectivity index (χ4v) is 3.80. The number of fused-ring (bicyclic) bond motifs is 3. The third kappa shape index (κ3) is 3.69. The number of rotatable bonds is 3. The van der Waals surface area contributed by atoms with Gasteiger partial charge in [0.25, 0.3) is 0 Å². The molecule has 0 bridgehead atoms. The second kappa shape index (κ2) is 6.90. The van der Waals surface area contributed by atoms with Gasteiger partial charge < -0.3 is 9.64 Å². The maximum Gasteiger partial charge on any atom is 0.406 e. The first kappa shape index (κ1) is 18.7. The summed E-state index contributed by atoms with van der Waals surface area (Å²) in [5.41, 5.74) is 1.95. The van der Waals surface area contributed by atoms with Crippen molar-refractivity contribution in [2.75, 3.05) is 13.7 Å². The quantitative estimate of drug-likeness (QED) is 0.755. The second-order valence-corrected chi connectivity index (χ2v) is 7.00. The van der Waals surface area contributed by atoms with Crippen LogP contribution in [0.2, 0.25) is 0 Å². The average Bonchev–Trinajstić information content (AvgIpc) is 3.00. The summed E-state index contributed by atoms with van der Waals surface area (Å²) in [7, 11) is 1.18. The Kier molecular flexibility index (Phi) is 4.96. The number of aromatic amines is 1. The van der Waals surface area contributed by atoms with Gasteiger partial charge in [-0.2, -0.15) is 18.3 Å². The lowest BCUT2D eigenvalue weighted by Crippen LogP contribution is -2.41. The molecule has 1 aliphatic rings. The fraction of sp³-hybridized carbons (Fsp3) is 0.438. The van der Waals surface area contributed by atoms with Gasteiger partial charge in [0.15, 0.2) is 0 Å². The standard InChI is InChI=1S/C16H15BrF3N3O3/c1-26-13(24)4-9-2-8-3-12(17)14-10(5-21-22-14)11(8)6-23(15(9)25)7-16(18,19)20/h3,5,9H,2,4,6-7H2,1H3,(H,21,22). The van der Waals surface area contributed by atoms with Crippen molar-refractivity contribution in [3.63, 3.8) is 0 Å². The molecule has 0 aliphatic carbocycles. The van der Waals surface area contributed by atoms with E-state index in [4.69, 9.17) is 0 Å². The second-order valence-electron chi connectivity index (χ2n) is 6.15. The Morgan fingerprint density at radius 1 is 1.50 bits per heavy atom. The van der Waals surface area contributed by atoms with Crippen molar-refractivity contribution in [1.29, 1.82) is 0 Å². The van der Waals surface area contributed by atoms with E-state index in [1.807, 2.05) is 0 Å². The van der Waals surface area contributed by atoms with E-state index in [9.17, 15) is 22.8 Å². The molecule has 0 saturated carbocycles. The molecule has 1 atom stereocenters. The number of nitrogens with one attached hydrogen (secondary N) is 1. The van der Waals surface area contributed by atoms with Crippen LogP contribution in [0.4, 0.5) is 13.2 Å². The highest BCUT2D eigenvalue weighted by Gasteiger charge is 2.39. The van der Waals surface area contributed by atoms with Gasteiger partial charge in [-0.1, -0.05) is 0 Å². The van der Waals surface area contributed by atoms with Crippen molar-refractivity contribution in [1.82, 2.24) is 15.1 Å². The van der Waals surface area contributed by atoms with Crippen molar-refractivity contribution in [2.45, 2.75) is 25.6 Å². The minimum absolute atomic E-state index is 0.150. The minimum atomic E-state index is -4.54. The number of nitrogens with zero attached hydrogens (tertiary/aromatic N) is 2. The normalized spacial score (nSPS) is 18.0. The molecule has 1 aromatic carbocycles. The van der Waals surface area contributed by atoms with Crippen LogP contribution in [0.5, 0.6) is 0 Å². The van der Waals surface area contributed by atoms with Crippen LogP contribution >= 0.6 is 15.9 Å². The zero-order chi connectivity index (χ0) is 19.1. The maximum atomic E-state index is 13.0. The third-order valence-corrected chi connectivity index (χ3v) is 5.00. The Labute approximate surface area is 154 Å². The highest BCUT2D eigenvalue weighted by molar-refractivity contribution is 9.10. The molecular formula is C16H15BrF3N3O3. The van der Waals surface area contributed by atoms with Crippen LogP contribution in [-0.2, 0) is 27.3 Å². The Morgan fingerprint density at radius 3 is 2.88 bits per heavy atom. The predicted octanol–water partition coefficient (Wildman–Crippen LogP) is 2.95. The summed E-state index contributed by atoms with van der Waals surface area (Å²) in [6, 6.07) is 1.75. The van der Waals surface area contributed by atoms with E-state index in [2.05, 4.69) is 30.9 Å². The SMILES string of the molecule is COC(=O)CC1Cc2cc(Br)c3[nH]ncc3c2CN(CC(F)(F)F)C1=O. The summed E-state index contributed by atoms with van der Waals surface area (Å²) < 4.78 is 44.2. The number of amides is 1. The van der Waals surface area contributed by atoms with Crippen molar-refractivity contribution in [3.05, 3.63) is 27.9 Å². The van der Waals surface area contributed by atoms with Gasteiger partial charge in [0, 0.05) is 16.4 Å². The number of hydrogen-bond donors (Lipinski definition) is 1. The van der Waals surface area contributed by atoms with Crippen molar-refractivity contribution < 1.29 is 27.5 Å². The molecule has 0 fully saturated rings. The number of alkyl halides is 3. The molecule has 0 radical (unpaired) electrons. The number of carbonyl (C=O) groups is 2. The highest BCUT2D eigenvalue weighted by Crippen LogP contribution is 2.35. The van der Waals surface area contributed by atoms with Gasteiger partial charge in [-0.05, 0) is 39.5 Å². The fourth-order valence-electron chi connectivity index (χ4n) is 3.23. The average molecular weight is 434 g/mol. The largest absolute Gasteiger partial charge is 0.469 e. The molecule has 0 spiro atoms. The molecule has 6 nitrogen and oxygen atoms in total. The highest BCUT2D eigenvalue weighted by atomic mass is 79.9. The number of H-pyrrole nitrogens is 1. The number of hydrogen-bond acceptors (Lipinski definition) is 4. The van der Waals surface area contributed by atoms with Gasteiger partial charge in [0.1, 0.15) is 6.54 Å². The molecule has 1 amide bonds.